The summed E-state index contributed by atoms with van der Waals surface area (Å²) in [5, 5.41) is 3.23. The summed E-state index contributed by atoms with van der Waals surface area (Å²) in [4.78, 5) is 23.4. The lowest BCUT2D eigenvalue weighted by Crippen LogP contribution is -2.26. The first-order valence-corrected chi connectivity index (χ1v) is 8.89. The lowest BCUT2D eigenvalue weighted by atomic mass is 10.2. The van der Waals surface area contributed by atoms with E-state index in [1.54, 1.807) is 19.2 Å². The van der Waals surface area contributed by atoms with Crippen LogP contribution in [0.25, 0.3) is 0 Å². The Hall–Kier alpha value is -2.63. The molecule has 2 heterocycles. The summed E-state index contributed by atoms with van der Waals surface area (Å²) in [5.41, 5.74) is 1.18. The molecule has 2 aromatic rings. The second-order valence-corrected chi connectivity index (χ2v) is 6.03. The minimum Gasteiger partial charge on any atom is -0.462 e. The highest BCUT2D eigenvalue weighted by Crippen LogP contribution is 2.22. The van der Waals surface area contributed by atoms with Crippen molar-refractivity contribution in [3.63, 3.8) is 0 Å². The van der Waals surface area contributed by atoms with Gasteiger partial charge in [0.25, 0.3) is 0 Å². The van der Waals surface area contributed by atoms with Crippen LogP contribution in [0.3, 0.4) is 0 Å². The SMILES string of the molecule is CCOC(=O)c1ccccc1Nc1ccnc(N2CCCCCC2)n1. The van der Waals surface area contributed by atoms with Gasteiger partial charge in [0.1, 0.15) is 5.82 Å². The van der Waals surface area contributed by atoms with Gasteiger partial charge in [-0.15, -0.1) is 0 Å². The van der Waals surface area contributed by atoms with Crippen LogP contribution in [0.1, 0.15) is 43.0 Å². The van der Waals surface area contributed by atoms with Crippen LogP contribution < -0.4 is 10.2 Å². The number of nitrogens with one attached hydrogen (secondary N) is 1. The number of ether oxygens (including phenoxy) is 1. The summed E-state index contributed by atoms with van der Waals surface area (Å²) in [6.45, 7) is 4.12. The van der Waals surface area contributed by atoms with Gasteiger partial charge in [-0.2, -0.15) is 4.98 Å². The van der Waals surface area contributed by atoms with Gasteiger partial charge in [-0.3, -0.25) is 0 Å². The van der Waals surface area contributed by atoms with Crippen LogP contribution in [0.4, 0.5) is 17.5 Å². The molecule has 3 rings (SSSR count). The van der Waals surface area contributed by atoms with Crippen molar-refractivity contribution in [1.29, 1.82) is 0 Å². The van der Waals surface area contributed by atoms with Gasteiger partial charge in [-0.25, -0.2) is 9.78 Å². The molecule has 6 nitrogen and oxygen atoms in total. The molecular formula is C19H24N4O2. The third-order valence-corrected chi connectivity index (χ3v) is 4.22. The smallest absolute Gasteiger partial charge is 0.340 e. The van der Waals surface area contributed by atoms with Crippen molar-refractivity contribution in [2.75, 3.05) is 29.9 Å². The van der Waals surface area contributed by atoms with Gasteiger partial charge in [-0.1, -0.05) is 25.0 Å². The fourth-order valence-corrected chi connectivity index (χ4v) is 2.96. The van der Waals surface area contributed by atoms with E-state index in [0.29, 0.717) is 23.7 Å². The Balaban J connectivity index is 1.79. The molecule has 0 saturated carbocycles. The summed E-state index contributed by atoms with van der Waals surface area (Å²) in [6.07, 6.45) is 6.63. The minimum atomic E-state index is -0.340. The number of para-hydroxylation sites is 1. The lowest BCUT2D eigenvalue weighted by Gasteiger charge is -2.20. The van der Waals surface area contributed by atoms with Crippen LogP contribution in [-0.4, -0.2) is 35.6 Å². The molecular weight excluding hydrogens is 316 g/mol. The van der Waals surface area contributed by atoms with Crippen molar-refractivity contribution in [1.82, 2.24) is 9.97 Å². The summed E-state index contributed by atoms with van der Waals surface area (Å²) < 4.78 is 5.12. The van der Waals surface area contributed by atoms with Gasteiger partial charge in [0.2, 0.25) is 5.95 Å². The van der Waals surface area contributed by atoms with Gasteiger partial charge >= 0.3 is 5.97 Å². The maximum Gasteiger partial charge on any atom is 0.340 e. The molecule has 0 amide bonds. The Bertz CT molecular complexity index is 712. The molecule has 6 heteroatoms. The third-order valence-electron chi connectivity index (χ3n) is 4.22. The predicted molar refractivity (Wildman–Crippen MR) is 98.4 cm³/mol. The Labute approximate surface area is 148 Å². The fourth-order valence-electron chi connectivity index (χ4n) is 2.96. The quantitative estimate of drug-likeness (QED) is 0.836. The summed E-state index contributed by atoms with van der Waals surface area (Å²) in [6, 6.07) is 9.10. The summed E-state index contributed by atoms with van der Waals surface area (Å²) in [7, 11) is 0. The fraction of sp³-hybridized carbons (Fsp3) is 0.421. The van der Waals surface area contributed by atoms with E-state index in [-0.39, 0.29) is 5.97 Å². The van der Waals surface area contributed by atoms with Gasteiger partial charge in [0.15, 0.2) is 0 Å². The number of hydrogen-bond acceptors (Lipinski definition) is 6. The van der Waals surface area contributed by atoms with Crippen LogP contribution >= 0.6 is 0 Å². The van der Waals surface area contributed by atoms with Crippen molar-refractivity contribution in [3.05, 3.63) is 42.1 Å². The Morgan fingerprint density at radius 2 is 1.92 bits per heavy atom. The zero-order valence-corrected chi connectivity index (χ0v) is 14.6. The standard InChI is InChI=1S/C19H24N4O2/c1-2-25-18(24)15-9-5-6-10-16(15)21-17-11-12-20-19(22-17)23-13-7-3-4-8-14-23/h5-6,9-12H,2-4,7-8,13-14H2,1H3,(H,20,21,22). The molecule has 0 atom stereocenters. The van der Waals surface area contributed by atoms with E-state index in [9.17, 15) is 4.79 Å². The second-order valence-electron chi connectivity index (χ2n) is 6.03. The molecule has 1 aromatic carbocycles. The molecule has 25 heavy (non-hydrogen) atoms. The van der Waals surface area contributed by atoms with Crippen molar-refractivity contribution in [2.24, 2.45) is 0 Å². The first-order chi connectivity index (χ1) is 12.3. The van der Waals surface area contributed by atoms with E-state index in [1.165, 1.54) is 25.7 Å². The highest BCUT2D eigenvalue weighted by Gasteiger charge is 2.15. The Morgan fingerprint density at radius 3 is 2.68 bits per heavy atom. The average Bonchev–Trinajstić information content (AvgIpc) is 2.92. The van der Waals surface area contributed by atoms with Gasteiger partial charge in [0.05, 0.1) is 17.9 Å². The number of nitrogens with zero attached hydrogens (tertiary/aromatic N) is 3. The number of benzene rings is 1. The number of carbonyl (C=O) groups is 1. The highest BCUT2D eigenvalue weighted by molar-refractivity contribution is 5.96. The topological polar surface area (TPSA) is 67.3 Å². The van der Waals surface area contributed by atoms with Crippen molar-refractivity contribution in [2.45, 2.75) is 32.6 Å². The van der Waals surface area contributed by atoms with Crippen molar-refractivity contribution >= 4 is 23.4 Å². The molecule has 0 aliphatic carbocycles. The van der Waals surface area contributed by atoms with Crippen molar-refractivity contribution in [3.8, 4) is 0 Å². The molecule has 132 valence electrons. The van der Waals surface area contributed by atoms with Crippen molar-refractivity contribution < 1.29 is 9.53 Å². The number of hydrogen-bond donors (Lipinski definition) is 1. The Kier molecular flexibility index (Phi) is 5.82. The molecule has 1 fully saturated rings. The maximum atomic E-state index is 12.1. The molecule has 1 aromatic heterocycles. The van der Waals surface area contributed by atoms with Gasteiger partial charge in [-0.05, 0) is 38.0 Å². The zero-order valence-electron chi connectivity index (χ0n) is 14.6. The summed E-state index contributed by atoms with van der Waals surface area (Å²) >= 11 is 0. The first-order valence-electron chi connectivity index (χ1n) is 8.89. The Morgan fingerprint density at radius 1 is 1.16 bits per heavy atom. The molecule has 1 N–H and O–H groups in total. The first kappa shape index (κ1) is 17.2. The van der Waals surface area contributed by atoms with Gasteiger partial charge in [0, 0.05) is 19.3 Å². The molecule has 1 saturated heterocycles. The molecule has 0 unspecified atom stereocenters. The third kappa shape index (κ3) is 4.47. The minimum absolute atomic E-state index is 0.340. The number of anilines is 3. The van der Waals surface area contributed by atoms with E-state index in [0.717, 1.165) is 19.0 Å². The monoisotopic (exact) mass is 340 g/mol. The number of rotatable bonds is 5. The number of esters is 1. The predicted octanol–water partition coefficient (Wildman–Crippen LogP) is 3.78. The number of aromatic nitrogens is 2. The number of carbonyl (C=O) groups excluding carboxylic acids is 1. The van der Waals surface area contributed by atoms with Crippen LogP contribution in [0.15, 0.2) is 36.5 Å². The van der Waals surface area contributed by atoms with Crippen LogP contribution in [0.2, 0.25) is 0 Å². The van der Waals surface area contributed by atoms with E-state index >= 15 is 0 Å². The molecule has 0 spiro atoms. The summed E-state index contributed by atoms with van der Waals surface area (Å²) in [5.74, 6) is 1.07. The van der Waals surface area contributed by atoms with Crippen LogP contribution in [-0.2, 0) is 4.74 Å². The maximum absolute atomic E-state index is 12.1. The largest absolute Gasteiger partial charge is 0.462 e. The molecule has 0 bridgehead atoms. The normalized spacial score (nSPS) is 14.7. The lowest BCUT2D eigenvalue weighted by molar-refractivity contribution is 0.0527. The van der Waals surface area contributed by atoms with E-state index in [1.807, 2.05) is 24.3 Å². The average molecular weight is 340 g/mol. The van der Waals surface area contributed by atoms with Crippen LogP contribution in [0, 0.1) is 0 Å². The van der Waals surface area contributed by atoms with E-state index in [4.69, 9.17) is 4.74 Å². The van der Waals surface area contributed by atoms with E-state index < -0.39 is 0 Å². The van der Waals surface area contributed by atoms with Gasteiger partial charge < -0.3 is 15.0 Å². The van der Waals surface area contributed by atoms with E-state index in [2.05, 4.69) is 20.2 Å². The molecule has 1 aliphatic heterocycles. The molecule has 0 radical (unpaired) electrons. The highest BCUT2D eigenvalue weighted by atomic mass is 16.5. The zero-order chi connectivity index (χ0) is 17.5. The second kappa shape index (κ2) is 8.46. The molecule has 1 aliphatic rings. The van der Waals surface area contributed by atoms with Crippen LogP contribution in [0.5, 0.6) is 0 Å².